The predicted octanol–water partition coefficient (Wildman–Crippen LogP) is 2.21. The number of aryl methyl sites for hydroxylation is 1. The molecule has 3 rings (SSSR count). The van der Waals surface area contributed by atoms with Crippen LogP contribution in [0.15, 0.2) is 48.5 Å². The van der Waals surface area contributed by atoms with Gasteiger partial charge in [0, 0.05) is 10.6 Å². The lowest BCUT2D eigenvalue weighted by atomic mass is 10.1. The average Bonchev–Trinajstić information content (AvgIpc) is 2.87. The second-order valence-electron chi connectivity index (χ2n) is 5.77. The van der Waals surface area contributed by atoms with E-state index < -0.39 is 11.9 Å². The summed E-state index contributed by atoms with van der Waals surface area (Å²) in [6.45, 7) is 1.92. The van der Waals surface area contributed by atoms with Crippen LogP contribution in [-0.4, -0.2) is 23.8 Å². The molecule has 2 aromatic rings. The maximum Gasteiger partial charge on any atom is 0.265 e. The van der Waals surface area contributed by atoms with Crippen LogP contribution in [0.25, 0.3) is 0 Å². The molecule has 7 heteroatoms. The van der Waals surface area contributed by atoms with Gasteiger partial charge in [-0.3, -0.25) is 19.8 Å². The van der Waals surface area contributed by atoms with E-state index in [1.807, 2.05) is 19.1 Å². The van der Waals surface area contributed by atoms with Crippen molar-refractivity contribution in [1.82, 2.24) is 10.9 Å². The summed E-state index contributed by atoms with van der Waals surface area (Å²) in [5.41, 5.74) is 7.04. The number of hydrazine groups is 1. The summed E-state index contributed by atoms with van der Waals surface area (Å²) < 4.78 is 0. The van der Waals surface area contributed by atoms with Crippen molar-refractivity contribution in [2.75, 3.05) is 4.90 Å². The van der Waals surface area contributed by atoms with E-state index in [4.69, 9.17) is 11.6 Å². The van der Waals surface area contributed by atoms with Gasteiger partial charge in [0.1, 0.15) is 6.04 Å². The van der Waals surface area contributed by atoms with Crippen LogP contribution in [-0.2, 0) is 9.59 Å². The van der Waals surface area contributed by atoms with Gasteiger partial charge in [-0.2, -0.15) is 0 Å². The summed E-state index contributed by atoms with van der Waals surface area (Å²) in [5, 5.41) is 0.433. The highest BCUT2D eigenvalue weighted by Gasteiger charge is 2.39. The molecule has 0 aromatic heterocycles. The molecule has 128 valence electrons. The number of rotatable bonds is 4. The molecule has 2 N–H and O–H groups in total. The van der Waals surface area contributed by atoms with Crippen LogP contribution < -0.4 is 15.8 Å². The van der Waals surface area contributed by atoms with E-state index in [2.05, 4.69) is 10.9 Å². The van der Waals surface area contributed by atoms with Crippen LogP contribution >= 0.6 is 11.6 Å². The molecule has 0 aliphatic carbocycles. The lowest BCUT2D eigenvalue weighted by Gasteiger charge is -2.16. The zero-order valence-corrected chi connectivity index (χ0v) is 14.2. The number of amides is 3. The van der Waals surface area contributed by atoms with Gasteiger partial charge in [-0.25, -0.2) is 10.3 Å². The predicted molar refractivity (Wildman–Crippen MR) is 94.1 cm³/mol. The van der Waals surface area contributed by atoms with Gasteiger partial charge in [-0.15, -0.1) is 0 Å². The van der Waals surface area contributed by atoms with Crippen molar-refractivity contribution in [2.24, 2.45) is 0 Å². The summed E-state index contributed by atoms with van der Waals surface area (Å²) in [5.74, 6) is -1.16. The maximum absolute atomic E-state index is 12.5. The van der Waals surface area contributed by atoms with Crippen molar-refractivity contribution in [3.05, 3.63) is 64.7 Å². The molecule has 0 spiro atoms. The normalized spacial score (nSPS) is 17.0. The fourth-order valence-electron chi connectivity index (χ4n) is 2.56. The van der Waals surface area contributed by atoms with E-state index in [1.165, 1.54) is 0 Å². The van der Waals surface area contributed by atoms with E-state index in [0.29, 0.717) is 16.3 Å². The van der Waals surface area contributed by atoms with Gasteiger partial charge in [0.15, 0.2) is 0 Å². The number of halogens is 1. The highest BCUT2D eigenvalue weighted by atomic mass is 35.5. The van der Waals surface area contributed by atoms with E-state index in [0.717, 1.165) is 10.5 Å². The van der Waals surface area contributed by atoms with Crippen molar-refractivity contribution in [2.45, 2.75) is 19.4 Å². The van der Waals surface area contributed by atoms with Crippen molar-refractivity contribution in [3.63, 3.8) is 0 Å². The van der Waals surface area contributed by atoms with Crippen LogP contribution in [0.2, 0.25) is 5.02 Å². The second-order valence-corrected chi connectivity index (χ2v) is 6.20. The number of hydrogen-bond acceptors (Lipinski definition) is 4. The zero-order valence-electron chi connectivity index (χ0n) is 13.5. The molecule has 1 unspecified atom stereocenters. The van der Waals surface area contributed by atoms with Gasteiger partial charge < -0.3 is 0 Å². The average molecular weight is 358 g/mol. The van der Waals surface area contributed by atoms with Crippen LogP contribution in [0.1, 0.15) is 22.3 Å². The molecule has 1 aliphatic rings. The third kappa shape index (κ3) is 3.70. The van der Waals surface area contributed by atoms with Gasteiger partial charge in [0.25, 0.3) is 11.8 Å². The Morgan fingerprint density at radius 2 is 1.88 bits per heavy atom. The molecule has 0 radical (unpaired) electrons. The van der Waals surface area contributed by atoms with E-state index >= 15 is 0 Å². The van der Waals surface area contributed by atoms with E-state index in [1.54, 1.807) is 36.4 Å². The summed E-state index contributed by atoms with van der Waals surface area (Å²) in [6.07, 6.45) is -0.0421. The van der Waals surface area contributed by atoms with Crippen molar-refractivity contribution >= 4 is 35.0 Å². The van der Waals surface area contributed by atoms with Gasteiger partial charge in [0.05, 0.1) is 12.1 Å². The molecule has 2 aromatic carbocycles. The van der Waals surface area contributed by atoms with Gasteiger partial charge in [0.2, 0.25) is 5.91 Å². The second kappa shape index (κ2) is 7.04. The van der Waals surface area contributed by atoms with Crippen LogP contribution in [0, 0.1) is 6.92 Å². The summed E-state index contributed by atoms with van der Waals surface area (Å²) >= 11 is 5.91. The molecule has 1 saturated heterocycles. The standard InChI is InChI=1S/C18H16ClN3O3/c1-11-5-7-12(8-6-11)17(24)21-20-15-10-16(23)22(18(15)25)14-4-2-3-13(19)9-14/h2-9,15,20H,10H2,1H3,(H,21,24). The molecule has 1 atom stereocenters. The highest BCUT2D eigenvalue weighted by Crippen LogP contribution is 2.25. The third-order valence-electron chi connectivity index (χ3n) is 3.89. The molecule has 1 aliphatic heterocycles. The van der Waals surface area contributed by atoms with Crippen LogP contribution in [0.5, 0.6) is 0 Å². The van der Waals surface area contributed by atoms with Gasteiger partial charge in [-0.05, 0) is 37.3 Å². The third-order valence-corrected chi connectivity index (χ3v) is 4.12. The molecular formula is C18H16ClN3O3. The van der Waals surface area contributed by atoms with E-state index in [9.17, 15) is 14.4 Å². The van der Waals surface area contributed by atoms with Crippen molar-refractivity contribution in [1.29, 1.82) is 0 Å². The Labute approximate surface area is 149 Å². The number of hydrogen-bond donors (Lipinski definition) is 2. The first-order valence-electron chi connectivity index (χ1n) is 7.70. The Balaban J connectivity index is 1.66. The summed E-state index contributed by atoms with van der Waals surface area (Å²) in [4.78, 5) is 37.8. The minimum atomic E-state index is -0.819. The Morgan fingerprint density at radius 3 is 2.56 bits per heavy atom. The number of nitrogens with one attached hydrogen (secondary N) is 2. The molecular weight excluding hydrogens is 342 g/mol. The Kier molecular flexibility index (Phi) is 4.83. The number of nitrogens with zero attached hydrogens (tertiary/aromatic N) is 1. The number of carbonyl (C=O) groups excluding carboxylic acids is 3. The minimum Gasteiger partial charge on any atom is -0.287 e. The Bertz CT molecular complexity index is 836. The quantitative estimate of drug-likeness (QED) is 0.649. The molecule has 6 nitrogen and oxygen atoms in total. The van der Waals surface area contributed by atoms with Crippen LogP contribution in [0.3, 0.4) is 0 Å². The number of anilines is 1. The SMILES string of the molecule is Cc1ccc(C(=O)NNC2CC(=O)N(c3cccc(Cl)c3)C2=O)cc1. The molecule has 1 fully saturated rings. The summed E-state index contributed by atoms with van der Waals surface area (Å²) in [7, 11) is 0. The topological polar surface area (TPSA) is 78.5 Å². The lowest BCUT2D eigenvalue weighted by molar-refractivity contribution is -0.121. The molecule has 0 bridgehead atoms. The first kappa shape index (κ1) is 17.1. The minimum absolute atomic E-state index is 0.0421. The van der Waals surface area contributed by atoms with Crippen molar-refractivity contribution in [3.8, 4) is 0 Å². The summed E-state index contributed by atoms with van der Waals surface area (Å²) in [6, 6.07) is 12.7. The maximum atomic E-state index is 12.5. The monoisotopic (exact) mass is 357 g/mol. The molecule has 25 heavy (non-hydrogen) atoms. The number of carbonyl (C=O) groups is 3. The number of benzene rings is 2. The highest BCUT2D eigenvalue weighted by molar-refractivity contribution is 6.31. The Hall–Kier alpha value is -2.70. The lowest BCUT2D eigenvalue weighted by Crippen LogP contribution is -2.48. The molecule has 3 amide bonds. The Morgan fingerprint density at radius 1 is 1.16 bits per heavy atom. The van der Waals surface area contributed by atoms with Crippen LogP contribution in [0.4, 0.5) is 5.69 Å². The number of imide groups is 1. The van der Waals surface area contributed by atoms with Gasteiger partial charge in [-0.1, -0.05) is 35.4 Å². The largest absolute Gasteiger partial charge is 0.287 e. The smallest absolute Gasteiger partial charge is 0.265 e. The van der Waals surface area contributed by atoms with Gasteiger partial charge >= 0.3 is 0 Å². The van der Waals surface area contributed by atoms with E-state index in [-0.39, 0.29) is 18.2 Å². The fourth-order valence-corrected chi connectivity index (χ4v) is 2.75. The van der Waals surface area contributed by atoms with Crippen molar-refractivity contribution < 1.29 is 14.4 Å². The fraction of sp³-hybridized carbons (Fsp3) is 0.167. The molecule has 1 heterocycles. The first-order chi connectivity index (χ1) is 12.0. The zero-order chi connectivity index (χ0) is 18.0. The molecule has 0 saturated carbocycles. The first-order valence-corrected chi connectivity index (χ1v) is 8.08.